The molecule has 5 heteroatoms. The standard InChI is InChI=1S/C13H15BrClNS2/c1-3-8-5-6-17-12(8)11(16-4-2)10-7-9(15)13(14)18-10/h5-7,11,16H,3-4H2,1-2H3. The summed E-state index contributed by atoms with van der Waals surface area (Å²) < 4.78 is 1.01. The van der Waals surface area contributed by atoms with Crippen LogP contribution in [0.3, 0.4) is 0 Å². The minimum absolute atomic E-state index is 0.263. The molecule has 0 aromatic carbocycles. The van der Waals surface area contributed by atoms with Gasteiger partial charge in [-0.2, -0.15) is 0 Å². The fourth-order valence-corrected chi connectivity index (χ4v) is 4.92. The Hall–Kier alpha value is 0.130. The first-order valence-electron chi connectivity index (χ1n) is 5.91. The highest BCUT2D eigenvalue weighted by Gasteiger charge is 2.20. The molecule has 2 rings (SSSR count). The van der Waals surface area contributed by atoms with Crippen LogP contribution in [0.2, 0.25) is 5.02 Å². The summed E-state index contributed by atoms with van der Waals surface area (Å²) in [5, 5.41) is 6.53. The van der Waals surface area contributed by atoms with E-state index in [2.05, 4.69) is 52.6 Å². The Kier molecular flexibility index (Phi) is 5.27. The Bertz CT molecular complexity index is 501. The van der Waals surface area contributed by atoms with E-state index < -0.39 is 0 Å². The summed E-state index contributed by atoms with van der Waals surface area (Å²) in [6.45, 7) is 5.28. The molecule has 2 aromatic heterocycles. The Balaban J connectivity index is 2.39. The summed E-state index contributed by atoms with van der Waals surface area (Å²) in [5.41, 5.74) is 1.42. The molecule has 0 aliphatic rings. The van der Waals surface area contributed by atoms with Gasteiger partial charge >= 0.3 is 0 Å². The average molecular weight is 365 g/mol. The molecule has 0 saturated carbocycles. The Labute approximate surface area is 129 Å². The normalized spacial score (nSPS) is 12.9. The smallest absolute Gasteiger partial charge is 0.0888 e. The molecule has 0 bridgehead atoms. The van der Waals surface area contributed by atoms with Crippen LogP contribution in [0.4, 0.5) is 0 Å². The molecule has 0 aliphatic heterocycles. The summed E-state index contributed by atoms with van der Waals surface area (Å²) in [4.78, 5) is 2.68. The third-order valence-electron chi connectivity index (χ3n) is 2.78. The molecule has 1 atom stereocenters. The monoisotopic (exact) mass is 363 g/mol. The van der Waals surface area contributed by atoms with Crippen molar-refractivity contribution in [2.24, 2.45) is 0 Å². The largest absolute Gasteiger partial charge is 0.305 e. The molecular weight excluding hydrogens is 350 g/mol. The summed E-state index contributed by atoms with van der Waals surface area (Å²) in [7, 11) is 0. The van der Waals surface area contributed by atoms with Gasteiger partial charge in [-0.15, -0.1) is 22.7 Å². The average Bonchev–Trinajstić information content (AvgIpc) is 2.94. The fourth-order valence-electron chi connectivity index (χ4n) is 1.92. The van der Waals surface area contributed by atoms with Gasteiger partial charge in [0.05, 0.1) is 14.9 Å². The van der Waals surface area contributed by atoms with E-state index in [1.165, 1.54) is 15.3 Å². The van der Waals surface area contributed by atoms with Crippen molar-refractivity contribution in [2.45, 2.75) is 26.3 Å². The van der Waals surface area contributed by atoms with Crippen LogP contribution in [0.1, 0.15) is 35.2 Å². The highest BCUT2D eigenvalue weighted by Crippen LogP contribution is 2.39. The molecule has 0 aliphatic carbocycles. The number of halogens is 2. The maximum absolute atomic E-state index is 6.15. The van der Waals surface area contributed by atoms with Gasteiger partial charge in [0.2, 0.25) is 0 Å². The quantitative estimate of drug-likeness (QED) is 0.740. The molecule has 18 heavy (non-hydrogen) atoms. The van der Waals surface area contributed by atoms with Gasteiger partial charge in [-0.05, 0) is 52.0 Å². The highest BCUT2D eigenvalue weighted by atomic mass is 79.9. The zero-order valence-electron chi connectivity index (χ0n) is 10.3. The van der Waals surface area contributed by atoms with Gasteiger partial charge in [-0.1, -0.05) is 25.4 Å². The van der Waals surface area contributed by atoms with Crippen molar-refractivity contribution in [2.75, 3.05) is 6.54 Å². The molecule has 1 N–H and O–H groups in total. The number of hydrogen-bond donors (Lipinski definition) is 1. The van der Waals surface area contributed by atoms with E-state index in [0.717, 1.165) is 21.8 Å². The second-order valence-electron chi connectivity index (χ2n) is 3.92. The molecule has 2 aromatic rings. The minimum atomic E-state index is 0.263. The summed E-state index contributed by atoms with van der Waals surface area (Å²) in [6.07, 6.45) is 1.07. The second-order valence-corrected chi connectivity index (χ2v) is 7.68. The molecule has 0 spiro atoms. The lowest BCUT2D eigenvalue weighted by atomic mass is 10.1. The lowest BCUT2D eigenvalue weighted by molar-refractivity contribution is 0.644. The molecule has 0 saturated heterocycles. The lowest BCUT2D eigenvalue weighted by Crippen LogP contribution is -2.21. The van der Waals surface area contributed by atoms with Crippen LogP contribution in [-0.2, 0) is 6.42 Å². The number of hydrogen-bond acceptors (Lipinski definition) is 3. The predicted molar refractivity (Wildman–Crippen MR) is 86.2 cm³/mol. The van der Waals surface area contributed by atoms with E-state index in [1.807, 2.05) is 11.3 Å². The topological polar surface area (TPSA) is 12.0 Å². The van der Waals surface area contributed by atoms with Crippen molar-refractivity contribution in [1.82, 2.24) is 5.32 Å². The maximum Gasteiger partial charge on any atom is 0.0888 e. The third-order valence-corrected chi connectivity index (χ3v) is 6.34. The van der Waals surface area contributed by atoms with Crippen LogP contribution in [0.15, 0.2) is 21.3 Å². The van der Waals surface area contributed by atoms with Gasteiger partial charge in [-0.3, -0.25) is 0 Å². The van der Waals surface area contributed by atoms with Gasteiger partial charge < -0.3 is 5.32 Å². The molecule has 1 nitrogen and oxygen atoms in total. The maximum atomic E-state index is 6.15. The first-order valence-corrected chi connectivity index (χ1v) is 8.78. The van der Waals surface area contributed by atoms with Crippen molar-refractivity contribution < 1.29 is 0 Å². The molecule has 2 heterocycles. The highest BCUT2D eigenvalue weighted by molar-refractivity contribution is 9.11. The fraction of sp³-hybridized carbons (Fsp3) is 0.385. The van der Waals surface area contributed by atoms with Gasteiger partial charge in [0.1, 0.15) is 0 Å². The number of aryl methyl sites for hydroxylation is 1. The number of thiophene rings is 2. The SMILES string of the molecule is CCNC(c1cc(Cl)c(Br)s1)c1sccc1CC. The van der Waals surface area contributed by atoms with E-state index in [9.17, 15) is 0 Å². The van der Waals surface area contributed by atoms with E-state index in [-0.39, 0.29) is 6.04 Å². The van der Waals surface area contributed by atoms with Crippen LogP contribution in [0.25, 0.3) is 0 Å². The van der Waals surface area contributed by atoms with Gasteiger partial charge in [0.15, 0.2) is 0 Å². The van der Waals surface area contributed by atoms with Gasteiger partial charge in [0, 0.05) is 9.75 Å². The predicted octanol–water partition coefficient (Wildman–Crippen LogP) is 5.49. The molecule has 0 fully saturated rings. The van der Waals surface area contributed by atoms with Crippen molar-refractivity contribution in [1.29, 1.82) is 0 Å². The van der Waals surface area contributed by atoms with Crippen LogP contribution >= 0.6 is 50.2 Å². The number of rotatable bonds is 5. The van der Waals surface area contributed by atoms with E-state index in [0.29, 0.717) is 0 Å². The molecule has 1 unspecified atom stereocenters. The van der Waals surface area contributed by atoms with Crippen molar-refractivity contribution in [3.63, 3.8) is 0 Å². The molecule has 0 amide bonds. The van der Waals surface area contributed by atoms with Crippen molar-refractivity contribution >= 4 is 50.2 Å². The molecule has 98 valence electrons. The first kappa shape index (κ1) is 14.5. The minimum Gasteiger partial charge on any atom is -0.305 e. The zero-order valence-corrected chi connectivity index (χ0v) is 14.3. The summed E-state index contributed by atoms with van der Waals surface area (Å²) in [5.74, 6) is 0. The Morgan fingerprint density at radius 2 is 2.22 bits per heavy atom. The zero-order chi connectivity index (χ0) is 13.1. The van der Waals surface area contributed by atoms with E-state index >= 15 is 0 Å². The second kappa shape index (κ2) is 6.53. The Morgan fingerprint density at radius 3 is 2.78 bits per heavy atom. The van der Waals surface area contributed by atoms with E-state index in [4.69, 9.17) is 11.6 Å². The van der Waals surface area contributed by atoms with Crippen LogP contribution in [-0.4, -0.2) is 6.54 Å². The summed E-state index contributed by atoms with van der Waals surface area (Å²) >= 11 is 13.2. The van der Waals surface area contributed by atoms with Crippen molar-refractivity contribution in [3.05, 3.63) is 41.6 Å². The Morgan fingerprint density at radius 1 is 1.44 bits per heavy atom. The first-order chi connectivity index (χ1) is 8.67. The van der Waals surface area contributed by atoms with Gasteiger partial charge in [0.25, 0.3) is 0 Å². The summed E-state index contributed by atoms with van der Waals surface area (Å²) in [6, 6.07) is 4.54. The van der Waals surface area contributed by atoms with Crippen molar-refractivity contribution in [3.8, 4) is 0 Å². The van der Waals surface area contributed by atoms with E-state index in [1.54, 1.807) is 11.3 Å². The lowest BCUT2D eigenvalue weighted by Gasteiger charge is -2.16. The van der Waals surface area contributed by atoms with Gasteiger partial charge in [-0.25, -0.2) is 0 Å². The third kappa shape index (κ3) is 2.99. The number of nitrogens with one attached hydrogen (secondary N) is 1. The van der Waals surface area contributed by atoms with Crippen LogP contribution in [0, 0.1) is 0 Å². The molecule has 0 radical (unpaired) electrons. The van der Waals surface area contributed by atoms with Crippen LogP contribution in [0.5, 0.6) is 0 Å². The molecular formula is C13H15BrClNS2. The van der Waals surface area contributed by atoms with Crippen LogP contribution < -0.4 is 5.32 Å².